The van der Waals surface area contributed by atoms with Gasteiger partial charge in [0.2, 0.25) is 0 Å². The van der Waals surface area contributed by atoms with E-state index in [1.807, 2.05) is 11.8 Å². The van der Waals surface area contributed by atoms with Crippen molar-refractivity contribution in [3.8, 4) is 0 Å². The maximum absolute atomic E-state index is 3.62. The van der Waals surface area contributed by atoms with Gasteiger partial charge in [-0.2, -0.15) is 11.8 Å². The third kappa shape index (κ3) is 5.98. The summed E-state index contributed by atoms with van der Waals surface area (Å²) in [5.41, 5.74) is 2.73. The molecule has 0 radical (unpaired) electrons. The minimum absolute atomic E-state index is 0.442. The number of nitrogens with one attached hydrogen (secondary N) is 1. The number of thioether (sulfide) groups is 1. The van der Waals surface area contributed by atoms with E-state index in [-0.39, 0.29) is 0 Å². The third-order valence-electron chi connectivity index (χ3n) is 3.25. The van der Waals surface area contributed by atoms with Crippen LogP contribution in [0.2, 0.25) is 0 Å². The van der Waals surface area contributed by atoms with Crippen LogP contribution >= 0.6 is 11.8 Å². The van der Waals surface area contributed by atoms with Crippen LogP contribution in [0.15, 0.2) is 24.3 Å². The summed E-state index contributed by atoms with van der Waals surface area (Å²) >= 11 is 2.05. The zero-order chi connectivity index (χ0) is 14.3. The first-order chi connectivity index (χ1) is 9.04. The molecule has 108 valence electrons. The average molecular weight is 280 g/mol. The summed E-state index contributed by atoms with van der Waals surface area (Å²) in [6.07, 6.45) is 0. The molecule has 0 heterocycles. The number of hydrogen-bond acceptors (Lipinski definition) is 3. The quantitative estimate of drug-likeness (QED) is 0.786. The van der Waals surface area contributed by atoms with Crippen LogP contribution in [0.4, 0.5) is 0 Å². The number of nitrogens with zero attached hydrogens (tertiary/aromatic N) is 1. The lowest BCUT2D eigenvalue weighted by atomic mass is 10.0. The summed E-state index contributed by atoms with van der Waals surface area (Å²) in [6.45, 7) is 8.80. The van der Waals surface area contributed by atoms with Gasteiger partial charge in [0.05, 0.1) is 0 Å². The Bertz CT molecular complexity index is 348. The molecular weight excluding hydrogens is 252 g/mol. The highest BCUT2D eigenvalue weighted by Gasteiger charge is 2.18. The molecule has 0 amide bonds. The lowest BCUT2D eigenvalue weighted by molar-refractivity contribution is 0.436. The van der Waals surface area contributed by atoms with E-state index in [1.54, 1.807) is 0 Å². The van der Waals surface area contributed by atoms with Crippen molar-refractivity contribution in [2.24, 2.45) is 0 Å². The second-order valence-corrected chi connectivity index (χ2v) is 6.81. The second kappa shape index (κ2) is 8.62. The lowest BCUT2D eigenvalue weighted by Crippen LogP contribution is -2.29. The topological polar surface area (TPSA) is 15.3 Å². The van der Waals surface area contributed by atoms with E-state index in [0.717, 1.165) is 13.1 Å². The van der Waals surface area contributed by atoms with Crippen LogP contribution < -0.4 is 5.32 Å². The molecule has 2 nitrogen and oxygen atoms in total. The SMILES string of the molecule is CCNC(c1ccc(C)cc1)C(C)SCCN(C)C. The molecule has 0 bridgehead atoms. The maximum Gasteiger partial charge on any atom is 0.0437 e. The highest BCUT2D eigenvalue weighted by molar-refractivity contribution is 7.99. The second-order valence-electron chi connectivity index (χ2n) is 5.33. The van der Waals surface area contributed by atoms with Gasteiger partial charge in [-0.05, 0) is 33.1 Å². The van der Waals surface area contributed by atoms with Crippen LogP contribution in [0, 0.1) is 6.92 Å². The Morgan fingerprint density at radius 3 is 2.37 bits per heavy atom. The van der Waals surface area contributed by atoms with Crippen molar-refractivity contribution >= 4 is 11.8 Å². The van der Waals surface area contributed by atoms with E-state index in [9.17, 15) is 0 Å². The largest absolute Gasteiger partial charge is 0.309 e. The van der Waals surface area contributed by atoms with Crippen LogP contribution in [0.3, 0.4) is 0 Å². The first-order valence-corrected chi connectivity index (χ1v) is 8.15. The molecule has 0 spiro atoms. The number of aryl methyl sites for hydroxylation is 1. The number of hydrogen-bond donors (Lipinski definition) is 1. The molecule has 0 fully saturated rings. The summed E-state index contributed by atoms with van der Waals surface area (Å²) < 4.78 is 0. The van der Waals surface area contributed by atoms with Crippen LogP contribution in [-0.2, 0) is 0 Å². The first-order valence-electron chi connectivity index (χ1n) is 7.11. The first kappa shape index (κ1) is 16.5. The van der Waals surface area contributed by atoms with Crippen molar-refractivity contribution in [2.45, 2.75) is 32.1 Å². The molecule has 1 N–H and O–H groups in total. The molecule has 0 saturated carbocycles. The standard InChI is InChI=1S/C16H28N2S/c1-6-17-16(14(3)19-12-11-18(4)5)15-9-7-13(2)8-10-15/h7-10,14,16-17H,6,11-12H2,1-5H3. The third-order valence-corrected chi connectivity index (χ3v) is 4.47. The highest BCUT2D eigenvalue weighted by atomic mass is 32.2. The Hall–Kier alpha value is -0.510. The van der Waals surface area contributed by atoms with Crippen LogP contribution in [0.25, 0.3) is 0 Å². The zero-order valence-corrected chi connectivity index (χ0v) is 13.8. The van der Waals surface area contributed by atoms with Gasteiger partial charge in [-0.15, -0.1) is 0 Å². The van der Waals surface area contributed by atoms with E-state index >= 15 is 0 Å². The average Bonchev–Trinajstić information content (AvgIpc) is 2.36. The van der Waals surface area contributed by atoms with Crippen molar-refractivity contribution in [2.75, 3.05) is 32.9 Å². The van der Waals surface area contributed by atoms with E-state index in [1.165, 1.54) is 16.9 Å². The summed E-state index contributed by atoms with van der Waals surface area (Å²) in [5.74, 6) is 1.18. The molecule has 2 unspecified atom stereocenters. The van der Waals surface area contributed by atoms with Crippen LogP contribution in [0.5, 0.6) is 0 Å². The molecule has 3 heteroatoms. The van der Waals surface area contributed by atoms with Crippen LogP contribution in [-0.4, -0.2) is 43.1 Å². The van der Waals surface area contributed by atoms with E-state index < -0.39 is 0 Å². The van der Waals surface area contributed by atoms with Gasteiger partial charge in [-0.1, -0.05) is 43.7 Å². The van der Waals surface area contributed by atoms with Gasteiger partial charge < -0.3 is 10.2 Å². The minimum Gasteiger partial charge on any atom is -0.309 e. The molecule has 0 aliphatic heterocycles. The Morgan fingerprint density at radius 1 is 1.21 bits per heavy atom. The predicted molar refractivity (Wildman–Crippen MR) is 88.1 cm³/mol. The van der Waals surface area contributed by atoms with Crippen molar-refractivity contribution in [1.29, 1.82) is 0 Å². The Labute approximate surface area is 123 Å². The maximum atomic E-state index is 3.62. The molecule has 2 atom stereocenters. The van der Waals surface area contributed by atoms with E-state index in [4.69, 9.17) is 0 Å². The number of rotatable bonds is 8. The Kier molecular flexibility index (Phi) is 7.51. The minimum atomic E-state index is 0.442. The smallest absolute Gasteiger partial charge is 0.0437 e. The molecular formula is C16H28N2S. The summed E-state index contributed by atoms with van der Waals surface area (Å²) in [6, 6.07) is 9.36. The molecule has 0 saturated heterocycles. The summed E-state index contributed by atoms with van der Waals surface area (Å²) in [4.78, 5) is 2.24. The zero-order valence-electron chi connectivity index (χ0n) is 12.9. The molecule has 0 aliphatic carbocycles. The van der Waals surface area contributed by atoms with E-state index in [0.29, 0.717) is 11.3 Å². The van der Waals surface area contributed by atoms with Crippen LogP contribution in [0.1, 0.15) is 31.0 Å². The van der Waals surface area contributed by atoms with Gasteiger partial charge in [0, 0.05) is 23.6 Å². The normalized spacial score (nSPS) is 14.6. The van der Waals surface area contributed by atoms with Gasteiger partial charge in [0.1, 0.15) is 0 Å². The Balaban J connectivity index is 2.62. The van der Waals surface area contributed by atoms with Crippen molar-refractivity contribution in [3.63, 3.8) is 0 Å². The Morgan fingerprint density at radius 2 is 1.84 bits per heavy atom. The fourth-order valence-corrected chi connectivity index (χ4v) is 3.35. The summed E-state index contributed by atoms with van der Waals surface area (Å²) in [7, 11) is 4.26. The fraction of sp³-hybridized carbons (Fsp3) is 0.625. The highest BCUT2D eigenvalue weighted by Crippen LogP contribution is 2.26. The fourth-order valence-electron chi connectivity index (χ4n) is 2.07. The van der Waals surface area contributed by atoms with Gasteiger partial charge in [-0.25, -0.2) is 0 Å². The molecule has 1 rings (SSSR count). The molecule has 1 aromatic carbocycles. The van der Waals surface area contributed by atoms with E-state index in [2.05, 4.69) is 69.3 Å². The van der Waals surface area contributed by atoms with Gasteiger partial charge >= 0.3 is 0 Å². The predicted octanol–water partition coefficient (Wildman–Crippen LogP) is 3.33. The monoisotopic (exact) mass is 280 g/mol. The molecule has 19 heavy (non-hydrogen) atoms. The molecule has 1 aromatic rings. The van der Waals surface area contributed by atoms with Gasteiger partial charge in [-0.3, -0.25) is 0 Å². The van der Waals surface area contributed by atoms with Gasteiger partial charge in [0.25, 0.3) is 0 Å². The summed E-state index contributed by atoms with van der Waals surface area (Å²) in [5, 5.41) is 4.21. The van der Waals surface area contributed by atoms with Crippen molar-refractivity contribution < 1.29 is 0 Å². The van der Waals surface area contributed by atoms with Gasteiger partial charge in [0.15, 0.2) is 0 Å². The molecule has 0 aromatic heterocycles. The van der Waals surface area contributed by atoms with Crippen molar-refractivity contribution in [1.82, 2.24) is 10.2 Å². The van der Waals surface area contributed by atoms with Crippen molar-refractivity contribution in [3.05, 3.63) is 35.4 Å². The lowest BCUT2D eigenvalue weighted by Gasteiger charge is -2.25. The number of benzene rings is 1. The molecule has 0 aliphatic rings.